The Hall–Kier alpha value is -3.85. The van der Waals surface area contributed by atoms with Gasteiger partial charge in [-0.15, -0.1) is 0 Å². The minimum Gasteiger partial charge on any atom is -0.283 e. The molecule has 0 aliphatic heterocycles. The fraction of sp³-hybridized carbons (Fsp3) is 0.269. The Kier molecular flexibility index (Phi) is 7.07. The fourth-order valence-electron chi connectivity index (χ4n) is 3.94. The number of non-ortho nitro benzene ring substituents is 1. The highest BCUT2D eigenvalue weighted by molar-refractivity contribution is 7.22. The van der Waals surface area contributed by atoms with E-state index >= 15 is 0 Å². The molecule has 0 aliphatic carbocycles. The topological polar surface area (TPSA) is 94.2 Å². The number of aryl methyl sites for hydroxylation is 2. The molecule has 8 nitrogen and oxygen atoms in total. The highest BCUT2D eigenvalue weighted by Crippen LogP contribution is 2.33. The van der Waals surface area contributed by atoms with E-state index in [9.17, 15) is 14.9 Å². The molecule has 0 spiro atoms. The van der Waals surface area contributed by atoms with Crippen molar-refractivity contribution in [2.24, 2.45) is 0 Å². The van der Waals surface area contributed by atoms with Crippen molar-refractivity contribution in [2.45, 2.75) is 40.2 Å². The smallest absolute Gasteiger partial charge is 0.270 e. The van der Waals surface area contributed by atoms with Gasteiger partial charge in [0.25, 0.3) is 11.6 Å². The molecule has 0 bridgehead atoms. The molecule has 4 rings (SSSR count). The standard InChI is InChI=1S/C26H27N5O3S/c1-17(2)22-9-6-10-23-25(22)27-26(35-23)29(13-14-30-19(4)15-18(3)28-30)24(32)12-11-20-7-5-8-21(16-20)31(33)34/h5-12,15-17H,13-14H2,1-4H3/b12-11+. The van der Waals surface area contributed by atoms with Gasteiger partial charge in [0, 0.05) is 30.4 Å². The quantitative estimate of drug-likeness (QED) is 0.175. The second-order valence-corrected chi connectivity index (χ2v) is 9.68. The van der Waals surface area contributed by atoms with E-state index in [4.69, 9.17) is 4.98 Å². The number of nitrogens with zero attached hydrogens (tertiary/aromatic N) is 5. The van der Waals surface area contributed by atoms with Crippen molar-refractivity contribution in [3.8, 4) is 0 Å². The number of thiazole rings is 1. The van der Waals surface area contributed by atoms with Crippen molar-refractivity contribution >= 4 is 44.4 Å². The summed E-state index contributed by atoms with van der Waals surface area (Å²) in [7, 11) is 0. The molecule has 9 heteroatoms. The summed E-state index contributed by atoms with van der Waals surface area (Å²) in [6.07, 6.45) is 3.04. The van der Waals surface area contributed by atoms with Crippen molar-refractivity contribution in [1.29, 1.82) is 0 Å². The average Bonchev–Trinajstić information content (AvgIpc) is 3.39. The van der Waals surface area contributed by atoms with Crippen LogP contribution in [0.4, 0.5) is 10.8 Å². The summed E-state index contributed by atoms with van der Waals surface area (Å²) >= 11 is 1.48. The monoisotopic (exact) mass is 489 g/mol. The van der Waals surface area contributed by atoms with E-state index < -0.39 is 4.92 Å². The van der Waals surface area contributed by atoms with Crippen LogP contribution in [-0.2, 0) is 11.3 Å². The molecule has 0 N–H and O–H groups in total. The van der Waals surface area contributed by atoms with Crippen LogP contribution in [0.1, 0.15) is 42.3 Å². The first kappa shape index (κ1) is 24.3. The maximum atomic E-state index is 13.4. The van der Waals surface area contributed by atoms with Crippen molar-refractivity contribution < 1.29 is 9.72 Å². The molecule has 0 saturated carbocycles. The summed E-state index contributed by atoms with van der Waals surface area (Å²) in [4.78, 5) is 30.5. The molecule has 180 valence electrons. The number of amides is 1. The minimum atomic E-state index is -0.451. The normalized spacial score (nSPS) is 11.6. The van der Waals surface area contributed by atoms with Crippen LogP contribution in [0, 0.1) is 24.0 Å². The highest BCUT2D eigenvalue weighted by Gasteiger charge is 2.20. The van der Waals surface area contributed by atoms with Crippen LogP contribution >= 0.6 is 11.3 Å². The molecule has 2 heterocycles. The van der Waals surface area contributed by atoms with Crippen LogP contribution in [0.2, 0.25) is 0 Å². The first-order valence-electron chi connectivity index (χ1n) is 11.4. The van der Waals surface area contributed by atoms with Crippen molar-refractivity contribution in [3.05, 3.63) is 87.2 Å². The number of carbonyl (C=O) groups is 1. The Morgan fingerprint density at radius 2 is 1.97 bits per heavy atom. The summed E-state index contributed by atoms with van der Waals surface area (Å²) in [6, 6.07) is 14.3. The number of hydrogen-bond acceptors (Lipinski definition) is 6. The average molecular weight is 490 g/mol. The summed E-state index contributed by atoms with van der Waals surface area (Å²) < 4.78 is 2.91. The molecule has 4 aromatic rings. The predicted octanol–water partition coefficient (Wildman–Crippen LogP) is 5.89. The number of nitro benzene ring substituents is 1. The number of nitro groups is 1. The van der Waals surface area contributed by atoms with Gasteiger partial charge in [0.1, 0.15) is 0 Å². The van der Waals surface area contributed by atoms with Crippen molar-refractivity contribution in [2.75, 3.05) is 11.4 Å². The molecule has 0 aliphatic rings. The maximum Gasteiger partial charge on any atom is 0.270 e. The van der Waals surface area contributed by atoms with Gasteiger partial charge in [0.15, 0.2) is 5.13 Å². The van der Waals surface area contributed by atoms with Crippen LogP contribution in [0.15, 0.2) is 54.6 Å². The number of fused-ring (bicyclic) bond motifs is 1. The van der Waals surface area contributed by atoms with Gasteiger partial charge in [-0.25, -0.2) is 4.98 Å². The summed E-state index contributed by atoms with van der Waals surface area (Å²) in [5, 5.41) is 16.2. The number of hydrogen-bond donors (Lipinski definition) is 0. The third-order valence-electron chi connectivity index (χ3n) is 5.70. The van der Waals surface area contributed by atoms with Gasteiger partial charge < -0.3 is 0 Å². The molecule has 35 heavy (non-hydrogen) atoms. The van der Waals surface area contributed by atoms with Gasteiger partial charge in [-0.1, -0.05) is 49.4 Å². The lowest BCUT2D eigenvalue weighted by molar-refractivity contribution is -0.384. The zero-order valence-electron chi connectivity index (χ0n) is 20.1. The van der Waals surface area contributed by atoms with Crippen LogP contribution in [-0.4, -0.2) is 32.1 Å². The SMILES string of the molecule is Cc1cc(C)n(CCN(C(=O)/C=C/c2cccc([N+](=O)[O-])c2)c2nc3c(C(C)C)cccc3s2)n1. The predicted molar refractivity (Wildman–Crippen MR) is 140 cm³/mol. The Labute approximate surface area is 207 Å². The zero-order valence-corrected chi connectivity index (χ0v) is 21.0. The van der Waals surface area contributed by atoms with Crippen molar-refractivity contribution in [3.63, 3.8) is 0 Å². The molecule has 0 radical (unpaired) electrons. The Bertz CT molecular complexity index is 1420. The van der Waals surface area contributed by atoms with E-state index in [2.05, 4.69) is 25.0 Å². The Morgan fingerprint density at radius 1 is 1.20 bits per heavy atom. The van der Waals surface area contributed by atoms with Gasteiger partial charge in [0.2, 0.25) is 0 Å². The van der Waals surface area contributed by atoms with E-state index in [0.717, 1.165) is 27.2 Å². The molecular formula is C26H27N5O3S. The van der Waals surface area contributed by atoms with E-state index in [-0.39, 0.29) is 11.6 Å². The summed E-state index contributed by atoms with van der Waals surface area (Å²) in [5.41, 5.74) is 4.56. The molecule has 2 aromatic carbocycles. The molecule has 0 saturated heterocycles. The molecule has 0 unspecified atom stereocenters. The third kappa shape index (κ3) is 5.46. The van der Waals surface area contributed by atoms with Gasteiger partial charge in [0.05, 0.1) is 27.4 Å². The fourth-order valence-corrected chi connectivity index (χ4v) is 4.97. The summed E-state index contributed by atoms with van der Waals surface area (Å²) in [5.74, 6) is 0.0597. The molecule has 0 atom stereocenters. The molecule has 2 aromatic heterocycles. The Morgan fingerprint density at radius 3 is 2.66 bits per heavy atom. The first-order valence-corrected chi connectivity index (χ1v) is 12.2. The lowest BCUT2D eigenvalue weighted by Gasteiger charge is -2.18. The lowest BCUT2D eigenvalue weighted by atomic mass is 10.0. The van der Waals surface area contributed by atoms with Crippen LogP contribution in [0.5, 0.6) is 0 Å². The Balaban J connectivity index is 1.67. The maximum absolute atomic E-state index is 13.4. The number of carbonyl (C=O) groups excluding carboxylic acids is 1. The number of anilines is 1. The van der Waals surface area contributed by atoms with E-state index in [1.165, 1.54) is 29.5 Å². The number of para-hydroxylation sites is 1. The first-order chi connectivity index (χ1) is 16.7. The molecule has 1 amide bonds. The summed E-state index contributed by atoms with van der Waals surface area (Å²) in [6.45, 7) is 9.08. The second-order valence-electron chi connectivity index (χ2n) is 8.67. The van der Waals surface area contributed by atoms with Crippen LogP contribution < -0.4 is 4.90 Å². The number of benzene rings is 2. The van der Waals surface area contributed by atoms with E-state index in [1.807, 2.05) is 36.7 Å². The lowest BCUT2D eigenvalue weighted by Crippen LogP contribution is -2.33. The van der Waals surface area contributed by atoms with Gasteiger partial charge in [-0.2, -0.15) is 5.10 Å². The largest absolute Gasteiger partial charge is 0.283 e. The van der Waals surface area contributed by atoms with Crippen molar-refractivity contribution in [1.82, 2.24) is 14.8 Å². The van der Waals surface area contributed by atoms with E-state index in [0.29, 0.717) is 29.7 Å². The van der Waals surface area contributed by atoms with E-state index in [1.54, 1.807) is 23.1 Å². The molecule has 0 fully saturated rings. The van der Waals surface area contributed by atoms with Gasteiger partial charge in [-0.3, -0.25) is 24.5 Å². The van der Waals surface area contributed by atoms with Gasteiger partial charge in [-0.05, 0) is 49.1 Å². The number of rotatable bonds is 8. The highest BCUT2D eigenvalue weighted by atomic mass is 32.1. The van der Waals surface area contributed by atoms with Crippen LogP contribution in [0.25, 0.3) is 16.3 Å². The minimum absolute atomic E-state index is 0.0200. The van der Waals surface area contributed by atoms with Crippen LogP contribution in [0.3, 0.4) is 0 Å². The zero-order chi connectivity index (χ0) is 25.1. The second kappa shape index (κ2) is 10.2. The number of aromatic nitrogens is 3. The third-order valence-corrected chi connectivity index (χ3v) is 6.74. The molecular weight excluding hydrogens is 462 g/mol. The van der Waals surface area contributed by atoms with Gasteiger partial charge >= 0.3 is 0 Å².